The van der Waals surface area contributed by atoms with E-state index in [9.17, 15) is 19.1 Å². The van der Waals surface area contributed by atoms with Crippen molar-refractivity contribution in [3.8, 4) is 0 Å². The molecule has 0 bridgehead atoms. The monoisotopic (exact) mass is 530 g/mol. The first kappa shape index (κ1) is 27.3. The van der Waals surface area contributed by atoms with Crippen LogP contribution in [0.5, 0.6) is 0 Å². The Bertz CT molecular complexity index is 1580. The van der Waals surface area contributed by atoms with Crippen LogP contribution in [0.25, 0.3) is 11.0 Å². The number of carboxylic acid groups (broad SMARTS) is 1. The number of nitrogens with two attached hydrogens (primary N) is 1. The van der Waals surface area contributed by atoms with Crippen LogP contribution >= 0.6 is 0 Å². The molecule has 1 amide bonds. The third kappa shape index (κ3) is 5.90. The van der Waals surface area contributed by atoms with Gasteiger partial charge in [-0.3, -0.25) is 15.0 Å². The zero-order valence-corrected chi connectivity index (χ0v) is 22.1. The van der Waals surface area contributed by atoms with E-state index in [1.807, 2.05) is 49.6 Å². The second kappa shape index (κ2) is 11.3. The quantitative estimate of drug-likeness (QED) is 0.171. The van der Waals surface area contributed by atoms with E-state index >= 15 is 0 Å². The lowest BCUT2D eigenvalue weighted by molar-refractivity contribution is -0.136. The number of anilines is 2. The molecule has 0 aliphatic heterocycles. The third-order valence-corrected chi connectivity index (χ3v) is 6.56. The van der Waals surface area contributed by atoms with E-state index in [-0.39, 0.29) is 36.9 Å². The van der Waals surface area contributed by atoms with Gasteiger partial charge in [-0.1, -0.05) is 12.1 Å². The van der Waals surface area contributed by atoms with Crippen molar-refractivity contribution in [1.82, 2.24) is 9.55 Å². The average molecular weight is 531 g/mol. The van der Waals surface area contributed by atoms with Gasteiger partial charge in [0.05, 0.1) is 29.7 Å². The predicted octanol–water partition coefficient (Wildman–Crippen LogP) is 4.83. The fourth-order valence-corrected chi connectivity index (χ4v) is 4.51. The number of rotatable bonds is 10. The molecule has 0 radical (unpaired) electrons. The number of amides is 1. The molecule has 1 aromatic heterocycles. The summed E-state index contributed by atoms with van der Waals surface area (Å²) in [4.78, 5) is 31.2. The molecule has 0 atom stereocenters. The molecule has 0 fully saturated rings. The Morgan fingerprint density at radius 1 is 1.10 bits per heavy atom. The van der Waals surface area contributed by atoms with Gasteiger partial charge in [0, 0.05) is 29.9 Å². The maximum Gasteiger partial charge on any atom is 0.305 e. The lowest BCUT2D eigenvalue weighted by Crippen LogP contribution is -2.33. The molecule has 202 valence electrons. The van der Waals surface area contributed by atoms with Crippen molar-refractivity contribution < 1.29 is 19.1 Å². The van der Waals surface area contributed by atoms with Gasteiger partial charge >= 0.3 is 5.97 Å². The van der Waals surface area contributed by atoms with Crippen LogP contribution in [0.4, 0.5) is 15.8 Å². The summed E-state index contributed by atoms with van der Waals surface area (Å²) in [5.41, 5.74) is 10.3. The first-order valence-electron chi connectivity index (χ1n) is 12.6. The summed E-state index contributed by atoms with van der Waals surface area (Å²) in [6.07, 6.45) is -0.189. The van der Waals surface area contributed by atoms with E-state index in [0.29, 0.717) is 34.7 Å². The number of hydrogen-bond acceptors (Lipinski definition) is 5. The molecular formula is C29H31FN6O3. The van der Waals surface area contributed by atoms with Crippen LogP contribution in [-0.4, -0.2) is 38.9 Å². The summed E-state index contributed by atoms with van der Waals surface area (Å²) in [5, 5.41) is 19.8. The zero-order valence-electron chi connectivity index (χ0n) is 22.1. The summed E-state index contributed by atoms with van der Waals surface area (Å²) in [6, 6.07) is 15.3. The molecule has 0 saturated carbocycles. The van der Waals surface area contributed by atoms with Crippen LogP contribution in [0.3, 0.4) is 0 Å². The van der Waals surface area contributed by atoms with Crippen LogP contribution in [-0.2, 0) is 17.9 Å². The highest BCUT2D eigenvalue weighted by atomic mass is 19.1. The van der Waals surface area contributed by atoms with Crippen LogP contribution in [0, 0.1) is 25.1 Å². The summed E-state index contributed by atoms with van der Waals surface area (Å²) >= 11 is 0. The minimum atomic E-state index is -0.986. The van der Waals surface area contributed by atoms with Crippen LogP contribution in [0.15, 0.2) is 54.6 Å². The maximum atomic E-state index is 14.5. The number of nitrogen functional groups attached to an aromatic ring is 1. The second-order valence-electron chi connectivity index (χ2n) is 9.33. The Morgan fingerprint density at radius 2 is 1.85 bits per heavy atom. The van der Waals surface area contributed by atoms with Gasteiger partial charge in [-0.25, -0.2) is 9.37 Å². The van der Waals surface area contributed by atoms with Crippen molar-refractivity contribution in [2.24, 2.45) is 5.73 Å². The van der Waals surface area contributed by atoms with Crippen molar-refractivity contribution in [3.05, 3.63) is 88.5 Å². The molecule has 4 rings (SSSR count). The van der Waals surface area contributed by atoms with Crippen LogP contribution < -0.4 is 16.0 Å². The van der Waals surface area contributed by atoms with Crippen molar-refractivity contribution in [3.63, 3.8) is 0 Å². The second-order valence-corrected chi connectivity index (χ2v) is 9.33. The molecule has 9 nitrogen and oxygen atoms in total. The number of fused-ring (bicyclic) bond motifs is 1. The molecule has 39 heavy (non-hydrogen) atoms. The zero-order chi connectivity index (χ0) is 28.3. The molecule has 0 aliphatic carbocycles. The van der Waals surface area contributed by atoms with E-state index in [0.717, 1.165) is 16.6 Å². The predicted molar refractivity (Wildman–Crippen MR) is 150 cm³/mol. The van der Waals surface area contributed by atoms with Crippen molar-refractivity contribution in [2.75, 3.05) is 16.8 Å². The highest BCUT2D eigenvalue weighted by Gasteiger charge is 2.22. The number of aliphatic carboxylic acids is 1. The van der Waals surface area contributed by atoms with Gasteiger partial charge in [0.2, 0.25) is 0 Å². The molecule has 0 saturated heterocycles. The number of carbonyl (C=O) groups excluding carboxylic acids is 1. The summed E-state index contributed by atoms with van der Waals surface area (Å²) in [5.74, 6) is -1.38. The molecule has 4 aromatic rings. The van der Waals surface area contributed by atoms with Gasteiger partial charge in [0.15, 0.2) is 0 Å². The Balaban J connectivity index is 1.64. The number of hydrogen-bond donors (Lipinski definition) is 4. The first-order valence-corrected chi connectivity index (χ1v) is 12.6. The topological polar surface area (TPSA) is 137 Å². The van der Waals surface area contributed by atoms with Crippen molar-refractivity contribution in [2.45, 2.75) is 40.3 Å². The Hall–Kier alpha value is -4.73. The number of nitrogens with one attached hydrogen (secondary N) is 2. The minimum Gasteiger partial charge on any atom is -0.481 e. The highest BCUT2D eigenvalue weighted by Crippen LogP contribution is 2.26. The number of benzene rings is 3. The largest absolute Gasteiger partial charge is 0.481 e. The van der Waals surface area contributed by atoms with Crippen molar-refractivity contribution in [1.29, 1.82) is 5.41 Å². The fourth-order valence-electron chi connectivity index (χ4n) is 4.51. The van der Waals surface area contributed by atoms with Gasteiger partial charge in [-0.2, -0.15) is 0 Å². The molecule has 0 spiro atoms. The number of amidine groups is 1. The van der Waals surface area contributed by atoms with Gasteiger partial charge in [0.1, 0.15) is 17.5 Å². The molecule has 1 heterocycles. The van der Waals surface area contributed by atoms with Crippen LogP contribution in [0.2, 0.25) is 0 Å². The smallest absolute Gasteiger partial charge is 0.305 e. The molecule has 0 unspecified atom stereocenters. The average Bonchev–Trinajstić information content (AvgIpc) is 3.26. The summed E-state index contributed by atoms with van der Waals surface area (Å²) in [6.45, 7) is 6.65. The minimum absolute atomic E-state index is 0.0308. The van der Waals surface area contributed by atoms with E-state index in [2.05, 4.69) is 5.32 Å². The Morgan fingerprint density at radius 3 is 2.51 bits per heavy atom. The number of halogens is 1. The normalized spacial score (nSPS) is 11.0. The molecule has 0 aliphatic rings. The van der Waals surface area contributed by atoms with Crippen LogP contribution in [0.1, 0.15) is 46.2 Å². The third-order valence-electron chi connectivity index (χ3n) is 6.56. The number of imidazole rings is 1. The lowest BCUT2D eigenvalue weighted by atomic mass is 10.1. The molecule has 3 aromatic carbocycles. The molecule has 5 N–H and O–H groups in total. The SMILES string of the molecule is CCn1c(CNc2ccc(C(=N)N)cc2F)nc2cc(C(=O)N(CCC(=O)O)c3cc(C)ccc3C)ccc21. The van der Waals surface area contributed by atoms with E-state index < -0.39 is 11.8 Å². The number of aromatic nitrogens is 2. The maximum absolute atomic E-state index is 14.5. The summed E-state index contributed by atoms with van der Waals surface area (Å²) in [7, 11) is 0. The standard InChI is InChI=1S/C29H31FN6O3/c1-4-35-24-10-8-20(29(39)36(12-11-27(37)38)25-13-17(2)5-6-18(25)3)15-23(24)34-26(35)16-33-22-9-7-19(28(31)32)14-21(22)30/h5-10,13-15,33H,4,11-12,16H2,1-3H3,(H3,31,32)(H,37,38). The van der Waals surface area contributed by atoms with Gasteiger partial charge in [-0.15, -0.1) is 0 Å². The number of carboxylic acids is 1. The fraction of sp³-hybridized carbons (Fsp3) is 0.241. The van der Waals surface area contributed by atoms with Gasteiger partial charge < -0.3 is 25.6 Å². The number of carbonyl (C=O) groups is 2. The lowest BCUT2D eigenvalue weighted by Gasteiger charge is -2.24. The Labute approximate surface area is 225 Å². The van der Waals surface area contributed by atoms with Gasteiger partial charge in [-0.05, 0) is 74.4 Å². The number of aryl methyl sites for hydroxylation is 3. The highest BCUT2D eigenvalue weighted by molar-refractivity contribution is 6.08. The number of nitrogens with zero attached hydrogens (tertiary/aromatic N) is 3. The van der Waals surface area contributed by atoms with E-state index in [1.54, 1.807) is 18.2 Å². The van der Waals surface area contributed by atoms with Crippen molar-refractivity contribution >= 4 is 40.1 Å². The molecule has 10 heteroatoms. The van der Waals surface area contributed by atoms with E-state index in [4.69, 9.17) is 16.1 Å². The van der Waals surface area contributed by atoms with Gasteiger partial charge in [0.25, 0.3) is 5.91 Å². The first-order chi connectivity index (χ1) is 18.6. The summed E-state index contributed by atoms with van der Waals surface area (Å²) < 4.78 is 16.5. The van der Waals surface area contributed by atoms with E-state index in [1.165, 1.54) is 17.0 Å². The Kier molecular flexibility index (Phi) is 7.94. The molecular weight excluding hydrogens is 499 g/mol.